The second-order valence-electron chi connectivity index (χ2n) is 5.53. The van der Waals surface area contributed by atoms with Crippen LogP contribution in [0.5, 0.6) is 0 Å². The van der Waals surface area contributed by atoms with Gasteiger partial charge in [-0.05, 0) is 36.1 Å². The highest BCUT2D eigenvalue weighted by molar-refractivity contribution is 5.89. The molecule has 2 amide bonds. The molecule has 2 rings (SSSR count). The Labute approximate surface area is 133 Å². The predicted octanol–water partition coefficient (Wildman–Crippen LogP) is 4.35. The van der Waals surface area contributed by atoms with Gasteiger partial charge < -0.3 is 10.2 Å². The Morgan fingerprint density at radius 2 is 1.59 bits per heavy atom. The zero-order valence-electron chi connectivity index (χ0n) is 13.4. The maximum Gasteiger partial charge on any atom is 0.321 e. The van der Waals surface area contributed by atoms with Crippen LogP contribution >= 0.6 is 0 Å². The first-order chi connectivity index (χ1) is 10.7. The minimum absolute atomic E-state index is 0.0702. The van der Waals surface area contributed by atoms with Crippen molar-refractivity contribution in [1.82, 2.24) is 4.90 Å². The Morgan fingerprint density at radius 3 is 2.23 bits per heavy atom. The fourth-order valence-electron chi connectivity index (χ4n) is 2.31. The van der Waals surface area contributed by atoms with Crippen molar-refractivity contribution in [3.05, 3.63) is 65.7 Å². The van der Waals surface area contributed by atoms with Crippen LogP contribution in [-0.2, 0) is 12.8 Å². The Kier molecular flexibility index (Phi) is 6.01. The molecule has 2 aromatic carbocycles. The van der Waals surface area contributed by atoms with Crippen LogP contribution in [0.25, 0.3) is 0 Å². The average molecular weight is 296 g/mol. The number of urea groups is 1. The predicted molar refractivity (Wildman–Crippen MR) is 92.2 cm³/mol. The summed E-state index contributed by atoms with van der Waals surface area (Å²) in [5, 5.41) is 2.93. The van der Waals surface area contributed by atoms with Crippen molar-refractivity contribution >= 4 is 11.7 Å². The molecule has 2 aromatic rings. The summed E-state index contributed by atoms with van der Waals surface area (Å²) in [5.74, 6) is 0. The molecule has 0 heterocycles. The molecule has 0 atom stereocenters. The zero-order chi connectivity index (χ0) is 15.8. The molecule has 0 unspecified atom stereocenters. The summed E-state index contributed by atoms with van der Waals surface area (Å²) in [5.41, 5.74) is 3.39. The first kappa shape index (κ1) is 16.1. The molecule has 0 radical (unpaired) electrons. The fraction of sp³-hybridized carbons (Fsp3) is 0.316. The third-order valence-electron chi connectivity index (χ3n) is 3.67. The molecule has 0 spiro atoms. The summed E-state index contributed by atoms with van der Waals surface area (Å²) in [7, 11) is 1.82. The van der Waals surface area contributed by atoms with E-state index >= 15 is 0 Å². The summed E-state index contributed by atoms with van der Waals surface area (Å²) in [6.07, 6.45) is 3.07. The van der Waals surface area contributed by atoms with Gasteiger partial charge in [-0.15, -0.1) is 0 Å². The number of amides is 2. The minimum atomic E-state index is -0.0702. The summed E-state index contributed by atoms with van der Waals surface area (Å²) < 4.78 is 0. The summed E-state index contributed by atoms with van der Waals surface area (Å²) in [6, 6.07) is 18.2. The molecule has 0 aliphatic heterocycles. The van der Waals surface area contributed by atoms with Gasteiger partial charge >= 0.3 is 6.03 Å². The van der Waals surface area contributed by atoms with Crippen LogP contribution in [0, 0.1) is 0 Å². The lowest BCUT2D eigenvalue weighted by molar-refractivity contribution is 0.223. The van der Waals surface area contributed by atoms with Gasteiger partial charge in [0.25, 0.3) is 0 Å². The molecule has 3 heteroatoms. The van der Waals surface area contributed by atoms with E-state index in [1.54, 1.807) is 4.90 Å². The molecule has 1 N–H and O–H groups in total. The number of anilines is 1. The van der Waals surface area contributed by atoms with Gasteiger partial charge in [-0.1, -0.05) is 55.8 Å². The fourth-order valence-corrected chi connectivity index (χ4v) is 2.31. The van der Waals surface area contributed by atoms with E-state index in [9.17, 15) is 4.79 Å². The zero-order valence-corrected chi connectivity index (χ0v) is 13.4. The molecule has 22 heavy (non-hydrogen) atoms. The van der Waals surface area contributed by atoms with E-state index in [-0.39, 0.29) is 6.03 Å². The van der Waals surface area contributed by atoms with E-state index in [2.05, 4.69) is 36.5 Å². The van der Waals surface area contributed by atoms with E-state index in [1.165, 1.54) is 11.1 Å². The van der Waals surface area contributed by atoms with Crippen LogP contribution in [0.4, 0.5) is 10.5 Å². The molecule has 3 nitrogen and oxygen atoms in total. The largest absolute Gasteiger partial charge is 0.327 e. The van der Waals surface area contributed by atoms with E-state index in [4.69, 9.17) is 0 Å². The second kappa shape index (κ2) is 8.23. The molecular formula is C19H24N2O. The number of nitrogens with zero attached hydrogens (tertiary/aromatic N) is 1. The van der Waals surface area contributed by atoms with E-state index in [0.717, 1.165) is 24.9 Å². The SMILES string of the molecule is CCCc1ccc(NC(=O)N(C)CCc2ccccc2)cc1. The van der Waals surface area contributed by atoms with Gasteiger partial charge in [-0.25, -0.2) is 4.79 Å². The maximum absolute atomic E-state index is 12.2. The molecule has 0 saturated heterocycles. The molecule has 0 fully saturated rings. The van der Waals surface area contributed by atoms with Gasteiger partial charge in [0.2, 0.25) is 0 Å². The summed E-state index contributed by atoms with van der Waals surface area (Å²) >= 11 is 0. The van der Waals surface area contributed by atoms with Crippen molar-refractivity contribution in [1.29, 1.82) is 0 Å². The Morgan fingerprint density at radius 1 is 0.955 bits per heavy atom. The Hall–Kier alpha value is -2.29. The lowest BCUT2D eigenvalue weighted by Crippen LogP contribution is -2.32. The highest BCUT2D eigenvalue weighted by Gasteiger charge is 2.08. The first-order valence-corrected chi connectivity index (χ1v) is 7.84. The van der Waals surface area contributed by atoms with Crippen molar-refractivity contribution in [2.75, 3.05) is 18.9 Å². The number of rotatable bonds is 6. The standard InChI is InChI=1S/C19H24N2O/c1-3-7-16-10-12-18(13-11-16)20-19(22)21(2)15-14-17-8-5-4-6-9-17/h4-6,8-13H,3,7,14-15H2,1-2H3,(H,20,22). The first-order valence-electron chi connectivity index (χ1n) is 7.84. The van der Waals surface area contributed by atoms with Crippen LogP contribution in [0.2, 0.25) is 0 Å². The van der Waals surface area contributed by atoms with Crippen molar-refractivity contribution in [3.63, 3.8) is 0 Å². The van der Waals surface area contributed by atoms with Crippen LogP contribution in [0.15, 0.2) is 54.6 Å². The van der Waals surface area contributed by atoms with Gasteiger partial charge in [0.05, 0.1) is 0 Å². The number of aryl methyl sites for hydroxylation is 1. The van der Waals surface area contributed by atoms with Crippen LogP contribution < -0.4 is 5.32 Å². The number of likely N-dealkylation sites (N-methyl/N-ethyl adjacent to an activating group) is 1. The highest BCUT2D eigenvalue weighted by atomic mass is 16.2. The number of hydrogen-bond acceptors (Lipinski definition) is 1. The van der Waals surface area contributed by atoms with Crippen molar-refractivity contribution < 1.29 is 4.79 Å². The molecule has 116 valence electrons. The van der Waals surface area contributed by atoms with Crippen molar-refractivity contribution in [2.45, 2.75) is 26.2 Å². The van der Waals surface area contributed by atoms with Gasteiger partial charge in [0.15, 0.2) is 0 Å². The molecular weight excluding hydrogens is 272 g/mol. The van der Waals surface area contributed by atoms with Gasteiger partial charge in [0.1, 0.15) is 0 Å². The lowest BCUT2D eigenvalue weighted by Gasteiger charge is -2.18. The highest BCUT2D eigenvalue weighted by Crippen LogP contribution is 2.11. The van der Waals surface area contributed by atoms with E-state index in [0.29, 0.717) is 6.54 Å². The quantitative estimate of drug-likeness (QED) is 0.844. The van der Waals surface area contributed by atoms with Crippen molar-refractivity contribution in [3.8, 4) is 0 Å². The van der Waals surface area contributed by atoms with E-state index in [1.807, 2.05) is 37.4 Å². The summed E-state index contributed by atoms with van der Waals surface area (Å²) in [6.45, 7) is 2.86. The number of carbonyl (C=O) groups is 1. The molecule has 0 aromatic heterocycles. The molecule has 0 saturated carbocycles. The maximum atomic E-state index is 12.2. The third-order valence-corrected chi connectivity index (χ3v) is 3.67. The molecule has 0 bridgehead atoms. The number of benzene rings is 2. The lowest BCUT2D eigenvalue weighted by atomic mass is 10.1. The van der Waals surface area contributed by atoms with E-state index < -0.39 is 0 Å². The third kappa shape index (κ3) is 4.92. The molecule has 0 aliphatic rings. The second-order valence-corrected chi connectivity index (χ2v) is 5.53. The van der Waals surface area contributed by atoms with Gasteiger partial charge in [-0.3, -0.25) is 0 Å². The minimum Gasteiger partial charge on any atom is -0.327 e. The number of carbonyl (C=O) groups excluding carboxylic acids is 1. The normalized spacial score (nSPS) is 10.3. The van der Waals surface area contributed by atoms with Gasteiger partial charge in [0, 0.05) is 19.3 Å². The summed E-state index contributed by atoms with van der Waals surface area (Å²) in [4.78, 5) is 13.9. The van der Waals surface area contributed by atoms with Crippen LogP contribution in [0.1, 0.15) is 24.5 Å². The monoisotopic (exact) mass is 296 g/mol. The smallest absolute Gasteiger partial charge is 0.321 e. The van der Waals surface area contributed by atoms with Crippen LogP contribution in [-0.4, -0.2) is 24.5 Å². The Balaban J connectivity index is 1.83. The van der Waals surface area contributed by atoms with Crippen LogP contribution in [0.3, 0.4) is 0 Å². The number of hydrogen-bond donors (Lipinski definition) is 1. The Bertz CT molecular complexity index is 578. The number of nitrogens with one attached hydrogen (secondary N) is 1. The average Bonchev–Trinajstić information content (AvgIpc) is 2.55. The topological polar surface area (TPSA) is 32.3 Å². The molecule has 0 aliphatic carbocycles. The van der Waals surface area contributed by atoms with Crippen molar-refractivity contribution in [2.24, 2.45) is 0 Å². The van der Waals surface area contributed by atoms with Gasteiger partial charge in [-0.2, -0.15) is 0 Å².